The Hall–Kier alpha value is -2.94. The molecule has 1 atom stereocenters. The van der Waals surface area contributed by atoms with Gasteiger partial charge in [-0.1, -0.05) is 0 Å². The summed E-state index contributed by atoms with van der Waals surface area (Å²) < 4.78 is 6.35. The molecule has 0 saturated heterocycles. The molecule has 1 N–H and O–H groups in total. The van der Waals surface area contributed by atoms with Gasteiger partial charge in [0, 0.05) is 0 Å². The monoisotopic (exact) mass is 518 g/mol. The molecule has 0 amide bonds. The van der Waals surface area contributed by atoms with Gasteiger partial charge in [0.2, 0.25) is 0 Å². The zero-order chi connectivity index (χ0) is 22.9. The molecule has 3 nitrogen and oxygen atoms in total. The van der Waals surface area contributed by atoms with Gasteiger partial charge in [0.25, 0.3) is 0 Å². The first-order chi connectivity index (χ1) is 16.1. The number of hydrogen-bond acceptors (Lipinski definition) is 3. The van der Waals surface area contributed by atoms with Gasteiger partial charge < -0.3 is 0 Å². The molecule has 0 aromatic heterocycles. The Morgan fingerprint density at radius 2 is 1.27 bits per heavy atom. The number of ether oxygens (including phenoxy) is 1. The first-order valence-electron chi connectivity index (χ1n) is 11.2. The predicted octanol–water partition coefficient (Wildman–Crippen LogP) is 5.86. The van der Waals surface area contributed by atoms with E-state index < -0.39 is 11.2 Å². The standard InChI is InChI=1S/C28H26BrNO2P/c1-2-30-21-18-19-25-26(20-21)27(31)32-28(25)33(29,22-12-6-3-7-13-22,23-14-8-4-9-15-23)24-16-10-5-11-17-24/h3-20,28,30,33H,2H2,1H3/q-1. The molecule has 0 bridgehead atoms. The average Bonchev–Trinajstić information content (AvgIpc) is 3.22. The Morgan fingerprint density at radius 3 is 1.73 bits per heavy atom. The van der Waals surface area contributed by atoms with Gasteiger partial charge in [-0.05, 0) is 0 Å². The van der Waals surface area contributed by atoms with Crippen LogP contribution in [0.4, 0.5) is 5.69 Å². The molecule has 33 heavy (non-hydrogen) atoms. The molecule has 5 heteroatoms. The van der Waals surface area contributed by atoms with Crippen molar-refractivity contribution in [3.63, 3.8) is 0 Å². The van der Waals surface area contributed by atoms with Crippen LogP contribution in [0.2, 0.25) is 0 Å². The number of carbonyl (C=O) groups is 1. The molecule has 0 saturated carbocycles. The predicted molar refractivity (Wildman–Crippen MR) is 144 cm³/mol. The summed E-state index contributed by atoms with van der Waals surface area (Å²) in [6, 6.07) is 37.3. The fourth-order valence-corrected chi connectivity index (χ4v) is 14.2. The van der Waals surface area contributed by atoms with Crippen molar-refractivity contribution in [1.29, 1.82) is 0 Å². The van der Waals surface area contributed by atoms with Gasteiger partial charge in [-0.25, -0.2) is 0 Å². The normalized spacial score (nSPS) is 16.4. The molecule has 4 aromatic carbocycles. The van der Waals surface area contributed by atoms with Gasteiger partial charge in [-0.15, -0.1) is 0 Å². The zero-order valence-corrected chi connectivity index (χ0v) is 21.0. The van der Waals surface area contributed by atoms with E-state index in [1.807, 2.05) is 43.3 Å². The Kier molecular flexibility index (Phi) is 5.60. The van der Waals surface area contributed by atoms with Crippen molar-refractivity contribution >= 4 is 48.4 Å². The maximum atomic E-state index is 13.3. The van der Waals surface area contributed by atoms with E-state index in [1.54, 1.807) is 0 Å². The third-order valence-electron chi connectivity index (χ3n) is 6.67. The van der Waals surface area contributed by atoms with Crippen LogP contribution in [-0.4, -0.2) is 12.5 Å². The molecular formula is C28H26BrNO2P-. The number of rotatable bonds is 6. The minimum absolute atomic E-state index is 0.281. The summed E-state index contributed by atoms with van der Waals surface area (Å²) >= 11 is 4.45. The van der Waals surface area contributed by atoms with E-state index in [4.69, 9.17) is 4.74 Å². The molecule has 0 radical (unpaired) electrons. The van der Waals surface area contributed by atoms with Gasteiger partial charge >= 0.3 is 203 Å². The molecule has 1 unspecified atom stereocenters. The topological polar surface area (TPSA) is 38.3 Å². The quantitative estimate of drug-likeness (QED) is 0.256. The fraction of sp³-hybridized carbons (Fsp3) is 0.107. The second-order valence-electron chi connectivity index (χ2n) is 8.42. The molecule has 1 aliphatic heterocycles. The number of nitrogens with one attached hydrogen (secondary N) is 1. The van der Waals surface area contributed by atoms with Crippen LogP contribution in [0.15, 0.2) is 109 Å². The van der Waals surface area contributed by atoms with Gasteiger partial charge in [-0.2, -0.15) is 0 Å². The third kappa shape index (κ3) is 3.24. The summed E-state index contributed by atoms with van der Waals surface area (Å²) in [7, 11) is 0. The second-order valence-corrected chi connectivity index (χ2v) is 18.0. The molecule has 0 spiro atoms. The van der Waals surface area contributed by atoms with Crippen LogP contribution in [0.25, 0.3) is 0 Å². The van der Waals surface area contributed by atoms with E-state index in [-0.39, 0.29) is 5.97 Å². The first kappa shape index (κ1) is 21.9. The number of fused-ring (bicyclic) bond motifs is 1. The van der Waals surface area contributed by atoms with Gasteiger partial charge in [0.15, 0.2) is 0 Å². The molecule has 0 aliphatic carbocycles. The summed E-state index contributed by atoms with van der Waals surface area (Å²) in [6.07, 6.45) is 0. The van der Waals surface area contributed by atoms with Gasteiger partial charge in [0.1, 0.15) is 0 Å². The molecular weight excluding hydrogens is 493 g/mol. The van der Waals surface area contributed by atoms with Crippen molar-refractivity contribution < 1.29 is 9.53 Å². The molecule has 0 fully saturated rings. The van der Waals surface area contributed by atoms with Crippen LogP contribution in [0.1, 0.15) is 28.7 Å². The molecule has 4 aromatic rings. The first-order valence-corrected chi connectivity index (χ1v) is 16.0. The number of carbonyl (C=O) groups excluding carboxylic acids is 1. The third-order valence-corrected chi connectivity index (χ3v) is 17.8. The van der Waals surface area contributed by atoms with Crippen LogP contribution in [0.3, 0.4) is 0 Å². The maximum absolute atomic E-state index is 13.3. The number of hydrogen-bond donors (Lipinski definition) is 1. The zero-order valence-electron chi connectivity index (χ0n) is 18.4. The van der Waals surface area contributed by atoms with Crippen molar-refractivity contribution in [1.82, 2.24) is 0 Å². The average molecular weight is 519 g/mol. The van der Waals surface area contributed by atoms with Crippen molar-refractivity contribution in [3.05, 3.63) is 120 Å². The number of benzene rings is 4. The summed E-state index contributed by atoms with van der Waals surface area (Å²) in [6.45, 7) is 2.83. The Morgan fingerprint density at radius 1 is 0.788 bits per heavy atom. The number of halogens is 1. The van der Waals surface area contributed by atoms with Crippen LogP contribution >= 0.6 is 20.8 Å². The Labute approximate surface area is 202 Å². The van der Waals surface area contributed by atoms with E-state index >= 15 is 0 Å². The van der Waals surface area contributed by atoms with E-state index in [0.29, 0.717) is 5.56 Å². The number of anilines is 1. The number of cyclic esters (lactones) is 1. The van der Waals surface area contributed by atoms with Crippen LogP contribution in [0.5, 0.6) is 0 Å². The van der Waals surface area contributed by atoms with E-state index in [1.165, 1.54) is 0 Å². The fourth-order valence-electron chi connectivity index (χ4n) is 5.16. The van der Waals surface area contributed by atoms with Gasteiger partial charge in [-0.3, -0.25) is 0 Å². The van der Waals surface area contributed by atoms with Crippen molar-refractivity contribution in [2.45, 2.75) is 12.8 Å². The van der Waals surface area contributed by atoms with Crippen LogP contribution in [-0.2, 0) is 4.74 Å². The van der Waals surface area contributed by atoms with Crippen molar-refractivity contribution in [3.8, 4) is 0 Å². The molecule has 1 heterocycles. The van der Waals surface area contributed by atoms with Crippen molar-refractivity contribution in [2.75, 3.05) is 11.9 Å². The molecule has 168 valence electrons. The van der Waals surface area contributed by atoms with Gasteiger partial charge in [0.05, 0.1) is 0 Å². The Bertz CT molecular complexity index is 1200. The summed E-state index contributed by atoms with van der Waals surface area (Å²) in [5.74, 6) is -0.757. The second kappa shape index (κ2) is 8.44. The summed E-state index contributed by atoms with van der Waals surface area (Å²) in [5.41, 5.74) is 2.47. The summed E-state index contributed by atoms with van der Waals surface area (Å²) in [4.78, 5) is 13.3. The molecule has 5 rings (SSSR count). The Balaban J connectivity index is 1.89. The van der Waals surface area contributed by atoms with Crippen molar-refractivity contribution in [2.24, 2.45) is 0 Å². The van der Waals surface area contributed by atoms with Crippen LogP contribution in [0, 0.1) is 0 Å². The van der Waals surface area contributed by atoms with E-state index in [9.17, 15) is 4.79 Å². The van der Waals surface area contributed by atoms with E-state index in [2.05, 4.69) is 93.6 Å². The minimum atomic E-state index is -3.86. The van der Waals surface area contributed by atoms with E-state index in [0.717, 1.165) is 33.7 Å². The molecule has 1 aliphatic rings. The van der Waals surface area contributed by atoms with Crippen LogP contribution < -0.4 is 21.2 Å². The summed E-state index contributed by atoms with van der Waals surface area (Å²) in [5, 5.41) is 2.86. The number of esters is 1. The SMILES string of the molecule is CCNc1ccc2c(c1)C(=O)OC2[PH-](Br)(c1ccccc1)(c1ccccc1)c1ccccc1.